The third-order valence-corrected chi connectivity index (χ3v) is 4.88. The number of esters is 1. The van der Waals surface area contributed by atoms with E-state index in [0.29, 0.717) is 24.2 Å². The van der Waals surface area contributed by atoms with Crippen LogP contribution in [-0.4, -0.2) is 11.8 Å². The Labute approximate surface area is 153 Å². The van der Waals surface area contributed by atoms with Crippen LogP contribution in [-0.2, 0) is 14.3 Å². The quantitative estimate of drug-likeness (QED) is 0.578. The Balaban J connectivity index is 2.57. The number of carbonyl (C=O) groups excluding carboxylic acids is 2. The van der Waals surface area contributed by atoms with Gasteiger partial charge >= 0.3 is 5.97 Å². The highest BCUT2D eigenvalue weighted by Crippen LogP contribution is 2.42. The number of hydrogen-bond donors (Lipinski definition) is 0. The van der Waals surface area contributed by atoms with E-state index in [2.05, 4.69) is 31.9 Å². The summed E-state index contributed by atoms with van der Waals surface area (Å²) < 4.78 is 7.31. The minimum absolute atomic E-state index is 0.0100. The third-order valence-electron chi connectivity index (χ3n) is 3.73. The first-order valence-corrected chi connectivity index (χ1v) is 9.13. The summed E-state index contributed by atoms with van der Waals surface area (Å²) in [5, 5.41) is 0. The molecule has 1 aliphatic rings. The van der Waals surface area contributed by atoms with Gasteiger partial charge in [0.15, 0.2) is 5.78 Å². The monoisotopic (exact) mass is 442 g/mol. The Morgan fingerprint density at radius 3 is 2.43 bits per heavy atom. The van der Waals surface area contributed by atoms with Crippen molar-refractivity contribution in [3.8, 4) is 0 Å². The van der Waals surface area contributed by atoms with E-state index in [4.69, 9.17) is 4.74 Å². The van der Waals surface area contributed by atoms with E-state index >= 15 is 0 Å². The van der Waals surface area contributed by atoms with Crippen LogP contribution >= 0.6 is 31.9 Å². The minimum Gasteiger partial charge on any atom is -0.430 e. The van der Waals surface area contributed by atoms with Crippen molar-refractivity contribution in [2.45, 2.75) is 40.5 Å². The predicted octanol–water partition coefficient (Wildman–Crippen LogP) is 5.51. The molecule has 2 rings (SSSR count). The molecule has 1 aromatic carbocycles. The SMILES string of the molecule is CC(C)C(=O)OC1=C(c2ccc(Br)cc2Br)C(=O)CC(C)(C)C1. The molecule has 0 amide bonds. The Morgan fingerprint density at radius 1 is 1.22 bits per heavy atom. The van der Waals surface area contributed by atoms with E-state index in [1.807, 2.05) is 32.0 Å². The third kappa shape index (κ3) is 4.32. The standard InChI is InChI=1S/C18H20Br2O3/c1-10(2)17(22)23-15-9-18(3,4)8-14(21)16(15)12-6-5-11(19)7-13(12)20/h5-7,10H,8-9H2,1-4H3. The molecule has 0 radical (unpaired) electrons. The van der Waals surface area contributed by atoms with E-state index in [1.54, 1.807) is 13.8 Å². The van der Waals surface area contributed by atoms with E-state index in [9.17, 15) is 9.59 Å². The van der Waals surface area contributed by atoms with Crippen molar-refractivity contribution >= 4 is 49.2 Å². The van der Waals surface area contributed by atoms with Gasteiger partial charge in [-0.1, -0.05) is 65.6 Å². The lowest BCUT2D eigenvalue weighted by atomic mass is 9.75. The van der Waals surface area contributed by atoms with Gasteiger partial charge in [-0.15, -0.1) is 0 Å². The first-order chi connectivity index (χ1) is 10.6. The summed E-state index contributed by atoms with van der Waals surface area (Å²) in [6.45, 7) is 7.60. The van der Waals surface area contributed by atoms with Gasteiger partial charge in [-0.3, -0.25) is 9.59 Å². The first-order valence-electron chi connectivity index (χ1n) is 7.54. The molecular formula is C18H20Br2O3. The smallest absolute Gasteiger partial charge is 0.313 e. The number of ether oxygens (including phenoxy) is 1. The summed E-state index contributed by atoms with van der Waals surface area (Å²) >= 11 is 6.92. The van der Waals surface area contributed by atoms with Gasteiger partial charge in [0.05, 0.1) is 11.5 Å². The maximum Gasteiger partial charge on any atom is 0.313 e. The summed E-state index contributed by atoms with van der Waals surface area (Å²) in [4.78, 5) is 24.8. The predicted molar refractivity (Wildman–Crippen MR) is 97.7 cm³/mol. The minimum atomic E-state index is -0.309. The van der Waals surface area contributed by atoms with Crippen molar-refractivity contribution in [1.82, 2.24) is 0 Å². The molecule has 23 heavy (non-hydrogen) atoms. The van der Waals surface area contributed by atoms with Crippen molar-refractivity contribution < 1.29 is 14.3 Å². The second-order valence-electron chi connectivity index (χ2n) is 6.94. The van der Waals surface area contributed by atoms with E-state index in [1.165, 1.54) is 0 Å². The molecule has 1 aromatic rings. The van der Waals surface area contributed by atoms with Crippen molar-refractivity contribution in [3.63, 3.8) is 0 Å². The van der Waals surface area contributed by atoms with Crippen molar-refractivity contribution in [1.29, 1.82) is 0 Å². The summed E-state index contributed by atoms with van der Waals surface area (Å²) in [5.74, 6) is -0.0581. The highest BCUT2D eigenvalue weighted by atomic mass is 79.9. The number of halogens is 2. The summed E-state index contributed by atoms with van der Waals surface area (Å²) in [7, 11) is 0. The van der Waals surface area contributed by atoms with E-state index < -0.39 is 0 Å². The zero-order valence-electron chi connectivity index (χ0n) is 13.7. The maximum atomic E-state index is 12.7. The number of allylic oxidation sites excluding steroid dienone is 2. The summed E-state index contributed by atoms with van der Waals surface area (Å²) in [6, 6.07) is 5.63. The molecule has 0 fully saturated rings. The Bertz CT molecular complexity index is 688. The van der Waals surface area contributed by atoms with Gasteiger partial charge in [0, 0.05) is 27.4 Å². The van der Waals surface area contributed by atoms with Gasteiger partial charge in [0.25, 0.3) is 0 Å². The number of rotatable bonds is 3. The molecule has 0 saturated carbocycles. The second-order valence-corrected chi connectivity index (χ2v) is 8.71. The molecule has 0 N–H and O–H groups in total. The fourth-order valence-electron chi connectivity index (χ4n) is 2.58. The van der Waals surface area contributed by atoms with Gasteiger partial charge in [0.1, 0.15) is 5.76 Å². The molecule has 0 unspecified atom stereocenters. The average molecular weight is 444 g/mol. The zero-order chi connectivity index (χ0) is 17.4. The number of hydrogen-bond acceptors (Lipinski definition) is 3. The lowest BCUT2D eigenvalue weighted by Gasteiger charge is -2.32. The van der Waals surface area contributed by atoms with Gasteiger partial charge in [-0.25, -0.2) is 0 Å². The van der Waals surface area contributed by atoms with Crippen LogP contribution in [0.5, 0.6) is 0 Å². The number of ketones is 1. The second kappa shape index (κ2) is 6.89. The maximum absolute atomic E-state index is 12.7. The topological polar surface area (TPSA) is 43.4 Å². The summed E-state index contributed by atoms with van der Waals surface area (Å²) in [6.07, 6.45) is 1.00. The molecule has 3 nitrogen and oxygen atoms in total. The van der Waals surface area contributed by atoms with E-state index in [-0.39, 0.29) is 23.1 Å². The average Bonchev–Trinajstić information content (AvgIpc) is 2.39. The molecule has 0 aliphatic heterocycles. The molecule has 124 valence electrons. The number of benzene rings is 1. The van der Waals surface area contributed by atoms with Gasteiger partial charge in [-0.05, 0) is 17.5 Å². The fourth-order valence-corrected chi connectivity index (χ4v) is 3.83. The Morgan fingerprint density at radius 2 is 1.87 bits per heavy atom. The fraction of sp³-hybridized carbons (Fsp3) is 0.444. The molecule has 1 aliphatic carbocycles. The molecule has 0 heterocycles. The Kier molecular flexibility index (Phi) is 5.52. The highest BCUT2D eigenvalue weighted by molar-refractivity contribution is 9.11. The largest absolute Gasteiger partial charge is 0.430 e. The molecule has 0 aromatic heterocycles. The molecule has 5 heteroatoms. The lowest BCUT2D eigenvalue weighted by Crippen LogP contribution is -2.28. The van der Waals surface area contributed by atoms with Crippen LogP contribution in [0, 0.1) is 11.3 Å². The summed E-state index contributed by atoms with van der Waals surface area (Å²) in [5.41, 5.74) is 1.06. The van der Waals surface area contributed by atoms with Crippen molar-refractivity contribution in [2.75, 3.05) is 0 Å². The van der Waals surface area contributed by atoms with Crippen LogP contribution in [0.2, 0.25) is 0 Å². The first kappa shape index (κ1) is 18.4. The van der Waals surface area contributed by atoms with Crippen LogP contribution in [0.25, 0.3) is 5.57 Å². The number of Topliss-reactive ketones (excluding diaryl/α,β-unsaturated/α-hetero) is 1. The lowest BCUT2D eigenvalue weighted by molar-refractivity contribution is -0.143. The molecule has 0 atom stereocenters. The van der Waals surface area contributed by atoms with Crippen LogP contribution in [0.4, 0.5) is 0 Å². The molecule has 0 bridgehead atoms. The van der Waals surface area contributed by atoms with Crippen LogP contribution < -0.4 is 0 Å². The van der Waals surface area contributed by atoms with E-state index in [0.717, 1.165) is 14.5 Å². The van der Waals surface area contributed by atoms with Gasteiger partial charge in [0.2, 0.25) is 0 Å². The normalized spacial score (nSPS) is 17.6. The van der Waals surface area contributed by atoms with Crippen molar-refractivity contribution in [2.24, 2.45) is 11.3 Å². The Hall–Kier alpha value is -0.940. The van der Waals surface area contributed by atoms with Crippen molar-refractivity contribution in [3.05, 3.63) is 38.5 Å². The number of carbonyl (C=O) groups is 2. The van der Waals surface area contributed by atoms with Gasteiger partial charge < -0.3 is 4.74 Å². The molecule has 0 saturated heterocycles. The van der Waals surface area contributed by atoms with Crippen LogP contribution in [0.15, 0.2) is 32.9 Å². The van der Waals surface area contributed by atoms with Crippen LogP contribution in [0.3, 0.4) is 0 Å². The molecular weight excluding hydrogens is 424 g/mol. The molecule has 0 spiro atoms. The highest BCUT2D eigenvalue weighted by Gasteiger charge is 2.36. The zero-order valence-corrected chi connectivity index (χ0v) is 16.9. The van der Waals surface area contributed by atoms with Gasteiger partial charge in [-0.2, -0.15) is 0 Å². The van der Waals surface area contributed by atoms with Crippen LogP contribution in [0.1, 0.15) is 46.1 Å².